The molecule has 4 nitrogen and oxygen atoms in total. The first kappa shape index (κ1) is 14.0. The Labute approximate surface area is 93.8 Å². The normalized spacial score (nSPS) is 22.6. The molecule has 0 aromatic carbocycles. The molecule has 1 atom stereocenters. The summed E-state index contributed by atoms with van der Waals surface area (Å²) in [5.74, 6) is -1.09. The van der Waals surface area contributed by atoms with Crippen molar-refractivity contribution in [2.24, 2.45) is 5.92 Å². The van der Waals surface area contributed by atoms with Crippen molar-refractivity contribution in [1.82, 2.24) is 0 Å². The summed E-state index contributed by atoms with van der Waals surface area (Å²) in [4.78, 5) is 0. The lowest BCUT2D eigenvalue weighted by atomic mass is 10.1. The molecule has 0 saturated carbocycles. The SMILES string of the molecule is CCOP(=O)(OCC)C(F)(F)C1CCOC1. The minimum absolute atomic E-state index is 0.0690. The Morgan fingerprint density at radius 3 is 2.31 bits per heavy atom. The largest absolute Gasteiger partial charge is 0.399 e. The van der Waals surface area contributed by atoms with Crippen LogP contribution >= 0.6 is 7.60 Å². The van der Waals surface area contributed by atoms with E-state index < -0.39 is 19.2 Å². The van der Waals surface area contributed by atoms with Gasteiger partial charge in [0.05, 0.1) is 25.7 Å². The number of alkyl halides is 2. The molecule has 0 spiro atoms. The summed E-state index contributed by atoms with van der Waals surface area (Å²) in [7, 11) is -4.38. The fraction of sp³-hybridized carbons (Fsp3) is 1.00. The van der Waals surface area contributed by atoms with Crippen molar-refractivity contribution in [2.75, 3.05) is 26.4 Å². The number of hydrogen-bond acceptors (Lipinski definition) is 4. The van der Waals surface area contributed by atoms with Gasteiger partial charge >= 0.3 is 13.3 Å². The molecule has 0 radical (unpaired) electrons. The molecule has 1 aliphatic rings. The molecule has 0 amide bonds. The predicted molar refractivity (Wildman–Crippen MR) is 54.7 cm³/mol. The van der Waals surface area contributed by atoms with E-state index in [4.69, 9.17) is 4.74 Å². The summed E-state index contributed by atoms with van der Waals surface area (Å²) in [6.45, 7) is 3.04. The topological polar surface area (TPSA) is 44.8 Å². The molecule has 0 aromatic heterocycles. The molecule has 16 heavy (non-hydrogen) atoms. The molecule has 1 rings (SSSR count). The quantitative estimate of drug-likeness (QED) is 0.687. The van der Waals surface area contributed by atoms with Gasteiger partial charge in [0.15, 0.2) is 0 Å². The maximum Gasteiger partial charge on any atom is 0.399 e. The lowest BCUT2D eigenvalue weighted by molar-refractivity contribution is -0.0153. The van der Waals surface area contributed by atoms with Crippen LogP contribution < -0.4 is 0 Å². The minimum Gasteiger partial charge on any atom is -0.381 e. The molecule has 0 N–H and O–H groups in total. The Morgan fingerprint density at radius 2 is 1.94 bits per heavy atom. The highest BCUT2D eigenvalue weighted by Gasteiger charge is 2.59. The van der Waals surface area contributed by atoms with Gasteiger partial charge in [-0.25, -0.2) is 0 Å². The average molecular weight is 258 g/mol. The van der Waals surface area contributed by atoms with E-state index in [0.29, 0.717) is 0 Å². The van der Waals surface area contributed by atoms with Gasteiger partial charge in [0.1, 0.15) is 0 Å². The zero-order chi connectivity index (χ0) is 12.2. The van der Waals surface area contributed by atoms with Crippen LogP contribution in [-0.4, -0.2) is 32.1 Å². The lowest BCUT2D eigenvalue weighted by Gasteiger charge is -2.29. The Bertz CT molecular complexity index is 256. The zero-order valence-electron chi connectivity index (χ0n) is 9.45. The predicted octanol–water partition coefficient (Wildman–Crippen LogP) is 2.88. The van der Waals surface area contributed by atoms with Crippen molar-refractivity contribution in [3.8, 4) is 0 Å². The van der Waals surface area contributed by atoms with Crippen molar-refractivity contribution >= 4 is 7.60 Å². The van der Waals surface area contributed by atoms with Crippen LogP contribution in [0.15, 0.2) is 0 Å². The van der Waals surface area contributed by atoms with Crippen LogP contribution in [0.5, 0.6) is 0 Å². The van der Waals surface area contributed by atoms with Crippen molar-refractivity contribution in [3.05, 3.63) is 0 Å². The van der Waals surface area contributed by atoms with Crippen LogP contribution in [0.4, 0.5) is 8.78 Å². The smallest absolute Gasteiger partial charge is 0.381 e. The van der Waals surface area contributed by atoms with Crippen molar-refractivity contribution in [2.45, 2.75) is 25.9 Å². The van der Waals surface area contributed by atoms with Crippen LogP contribution in [0, 0.1) is 5.92 Å². The summed E-state index contributed by atoms with van der Waals surface area (Å²) >= 11 is 0. The van der Waals surface area contributed by atoms with Crippen LogP contribution in [0.3, 0.4) is 0 Å². The first-order valence-corrected chi connectivity index (χ1v) is 6.87. The molecule has 0 aromatic rings. The van der Waals surface area contributed by atoms with Crippen LogP contribution in [0.25, 0.3) is 0 Å². The fourth-order valence-electron chi connectivity index (χ4n) is 1.58. The summed E-state index contributed by atoms with van der Waals surface area (Å²) in [6.07, 6.45) is 0.178. The molecule has 0 aliphatic carbocycles. The molecule has 96 valence electrons. The second-order valence-electron chi connectivity index (χ2n) is 3.48. The number of ether oxygens (including phenoxy) is 1. The van der Waals surface area contributed by atoms with Crippen molar-refractivity contribution < 1.29 is 27.1 Å². The number of rotatable bonds is 6. The highest BCUT2D eigenvalue weighted by molar-refractivity contribution is 7.55. The van der Waals surface area contributed by atoms with E-state index in [9.17, 15) is 13.3 Å². The second kappa shape index (κ2) is 5.54. The first-order valence-electron chi connectivity index (χ1n) is 5.32. The van der Waals surface area contributed by atoms with Gasteiger partial charge in [-0.1, -0.05) is 0 Å². The third-order valence-electron chi connectivity index (χ3n) is 2.38. The van der Waals surface area contributed by atoms with Gasteiger partial charge in [0.2, 0.25) is 0 Å². The monoisotopic (exact) mass is 258 g/mol. The third-order valence-corrected chi connectivity index (χ3v) is 4.68. The van der Waals surface area contributed by atoms with Crippen molar-refractivity contribution in [3.63, 3.8) is 0 Å². The van der Waals surface area contributed by atoms with Gasteiger partial charge in [0, 0.05) is 6.61 Å². The molecule has 1 fully saturated rings. The lowest BCUT2D eigenvalue weighted by Crippen LogP contribution is -2.30. The van der Waals surface area contributed by atoms with Gasteiger partial charge in [-0.2, -0.15) is 8.78 Å². The Kier molecular flexibility index (Phi) is 4.86. The molecule has 1 saturated heterocycles. The van der Waals surface area contributed by atoms with Crippen LogP contribution in [-0.2, 0) is 18.3 Å². The summed E-state index contributed by atoms with van der Waals surface area (Å²) in [5.41, 5.74) is -3.48. The highest BCUT2D eigenvalue weighted by Crippen LogP contribution is 2.65. The van der Waals surface area contributed by atoms with E-state index in [1.807, 2.05) is 0 Å². The average Bonchev–Trinajstić information content (AvgIpc) is 2.71. The van der Waals surface area contributed by atoms with Gasteiger partial charge < -0.3 is 13.8 Å². The Balaban J connectivity index is 2.85. The molecule has 7 heteroatoms. The van der Waals surface area contributed by atoms with Gasteiger partial charge in [-0.3, -0.25) is 4.57 Å². The van der Waals surface area contributed by atoms with Crippen LogP contribution in [0.2, 0.25) is 0 Å². The van der Waals surface area contributed by atoms with E-state index in [2.05, 4.69) is 9.05 Å². The minimum atomic E-state index is -4.38. The molecule has 1 aliphatic heterocycles. The Hall–Kier alpha value is -0.0300. The zero-order valence-corrected chi connectivity index (χ0v) is 10.3. The summed E-state index contributed by atoms with van der Waals surface area (Å²) < 4.78 is 54.1. The first-order chi connectivity index (χ1) is 7.48. The van der Waals surface area contributed by atoms with E-state index in [-0.39, 0.29) is 32.8 Å². The van der Waals surface area contributed by atoms with E-state index in [0.717, 1.165) is 0 Å². The third kappa shape index (κ3) is 2.62. The van der Waals surface area contributed by atoms with E-state index >= 15 is 0 Å². The van der Waals surface area contributed by atoms with Gasteiger partial charge in [-0.15, -0.1) is 0 Å². The van der Waals surface area contributed by atoms with Gasteiger partial charge in [0.25, 0.3) is 0 Å². The van der Waals surface area contributed by atoms with Crippen LogP contribution in [0.1, 0.15) is 20.3 Å². The number of halogens is 2. The maximum absolute atomic E-state index is 14.0. The fourth-order valence-corrected chi connectivity index (χ4v) is 3.33. The summed E-state index contributed by atoms with van der Waals surface area (Å²) in [6, 6.07) is 0. The maximum atomic E-state index is 14.0. The molecule has 1 unspecified atom stereocenters. The molecular formula is C9H17F2O4P. The van der Waals surface area contributed by atoms with Crippen molar-refractivity contribution in [1.29, 1.82) is 0 Å². The number of hydrogen-bond donors (Lipinski definition) is 0. The van der Waals surface area contributed by atoms with Gasteiger partial charge in [-0.05, 0) is 20.3 Å². The molecule has 0 bridgehead atoms. The second-order valence-corrected chi connectivity index (χ2v) is 5.59. The summed E-state index contributed by atoms with van der Waals surface area (Å²) in [5, 5.41) is 0. The highest BCUT2D eigenvalue weighted by atomic mass is 31.2. The van der Waals surface area contributed by atoms with E-state index in [1.165, 1.54) is 13.8 Å². The molecular weight excluding hydrogens is 241 g/mol. The molecule has 1 heterocycles. The van der Waals surface area contributed by atoms with E-state index in [1.54, 1.807) is 0 Å². The standard InChI is InChI=1S/C9H17F2O4P/c1-3-14-16(12,15-4-2)9(10,11)8-5-6-13-7-8/h8H,3-7H2,1-2H3. The Morgan fingerprint density at radius 1 is 1.38 bits per heavy atom.